The lowest BCUT2D eigenvalue weighted by Crippen LogP contribution is -2.30. The Morgan fingerprint density at radius 1 is 1.62 bits per heavy atom. The molecule has 2 rings (SSSR count). The van der Waals surface area contributed by atoms with Crippen LogP contribution in [0.25, 0.3) is 0 Å². The molecule has 1 aromatic rings. The number of aromatic nitrogens is 3. The zero-order valence-corrected chi connectivity index (χ0v) is 9.35. The summed E-state index contributed by atoms with van der Waals surface area (Å²) in [5.74, 6) is -0.400. The van der Waals surface area contributed by atoms with Gasteiger partial charge in [-0.2, -0.15) is 9.90 Å². The average Bonchev–Trinajstić information content (AvgIpc) is 2.80. The number of nitrogens with one attached hydrogen (secondary N) is 1. The minimum Gasteiger partial charge on any atom is -0.461 e. The standard InChI is InChI=1S/C10H16N4O2/c1-2-16-10(15)9-7-12-14(13-9)8-3-5-11-6-4-8/h7-8,11H,2-6H2,1H3. The predicted molar refractivity (Wildman–Crippen MR) is 57.1 cm³/mol. The van der Waals surface area contributed by atoms with Crippen molar-refractivity contribution in [1.82, 2.24) is 20.3 Å². The van der Waals surface area contributed by atoms with Crippen LogP contribution in [0.1, 0.15) is 36.3 Å². The smallest absolute Gasteiger partial charge is 0.360 e. The van der Waals surface area contributed by atoms with Crippen LogP contribution >= 0.6 is 0 Å². The number of piperidine rings is 1. The fourth-order valence-corrected chi connectivity index (χ4v) is 1.79. The fraction of sp³-hybridized carbons (Fsp3) is 0.700. The summed E-state index contributed by atoms with van der Waals surface area (Å²) in [7, 11) is 0. The van der Waals surface area contributed by atoms with Crippen molar-refractivity contribution in [3.8, 4) is 0 Å². The van der Waals surface area contributed by atoms with E-state index in [1.807, 2.05) is 0 Å². The van der Waals surface area contributed by atoms with E-state index in [1.165, 1.54) is 6.20 Å². The second-order valence-electron chi connectivity index (χ2n) is 3.75. The number of ether oxygens (including phenoxy) is 1. The van der Waals surface area contributed by atoms with Gasteiger partial charge in [-0.25, -0.2) is 4.79 Å². The lowest BCUT2D eigenvalue weighted by Gasteiger charge is -2.21. The van der Waals surface area contributed by atoms with E-state index in [9.17, 15) is 4.79 Å². The minimum absolute atomic E-state index is 0.292. The van der Waals surface area contributed by atoms with Gasteiger partial charge in [0.1, 0.15) is 0 Å². The molecule has 0 radical (unpaired) electrons. The first-order valence-electron chi connectivity index (χ1n) is 5.61. The van der Waals surface area contributed by atoms with Gasteiger partial charge in [-0.05, 0) is 32.9 Å². The normalized spacial score (nSPS) is 17.3. The van der Waals surface area contributed by atoms with Gasteiger partial charge in [0.25, 0.3) is 0 Å². The van der Waals surface area contributed by atoms with Gasteiger partial charge < -0.3 is 10.1 Å². The number of nitrogens with zero attached hydrogens (tertiary/aromatic N) is 3. The zero-order valence-electron chi connectivity index (χ0n) is 9.35. The van der Waals surface area contributed by atoms with Crippen molar-refractivity contribution in [3.05, 3.63) is 11.9 Å². The van der Waals surface area contributed by atoms with Crippen LogP contribution in [0, 0.1) is 0 Å². The maximum Gasteiger partial charge on any atom is 0.360 e. The van der Waals surface area contributed by atoms with Crippen molar-refractivity contribution in [3.63, 3.8) is 0 Å². The molecule has 2 heterocycles. The number of carbonyl (C=O) groups excluding carboxylic acids is 1. The van der Waals surface area contributed by atoms with E-state index in [0.717, 1.165) is 25.9 Å². The summed E-state index contributed by atoms with van der Waals surface area (Å²) in [6, 6.07) is 0.296. The van der Waals surface area contributed by atoms with E-state index in [1.54, 1.807) is 11.7 Å². The minimum atomic E-state index is -0.400. The molecule has 6 heteroatoms. The summed E-state index contributed by atoms with van der Waals surface area (Å²) >= 11 is 0. The topological polar surface area (TPSA) is 69.0 Å². The third-order valence-electron chi connectivity index (χ3n) is 2.63. The highest BCUT2D eigenvalue weighted by molar-refractivity contribution is 5.86. The molecule has 16 heavy (non-hydrogen) atoms. The molecule has 0 bridgehead atoms. The van der Waals surface area contributed by atoms with Gasteiger partial charge in [-0.3, -0.25) is 0 Å². The van der Waals surface area contributed by atoms with Gasteiger partial charge in [0, 0.05) is 0 Å². The summed E-state index contributed by atoms with van der Waals surface area (Å²) < 4.78 is 4.86. The van der Waals surface area contributed by atoms with Gasteiger partial charge in [0.05, 0.1) is 18.8 Å². The Bertz CT molecular complexity index is 357. The molecule has 1 aliphatic heterocycles. The van der Waals surface area contributed by atoms with Crippen molar-refractivity contribution < 1.29 is 9.53 Å². The molecule has 1 aliphatic rings. The van der Waals surface area contributed by atoms with Gasteiger partial charge in [-0.1, -0.05) is 0 Å². The summed E-state index contributed by atoms with van der Waals surface area (Å²) in [6.45, 7) is 4.08. The molecule has 6 nitrogen and oxygen atoms in total. The molecule has 0 atom stereocenters. The van der Waals surface area contributed by atoms with Crippen molar-refractivity contribution in [2.24, 2.45) is 0 Å². The van der Waals surface area contributed by atoms with E-state index >= 15 is 0 Å². The second kappa shape index (κ2) is 5.07. The number of rotatable bonds is 3. The van der Waals surface area contributed by atoms with Crippen LogP contribution in [0.15, 0.2) is 6.20 Å². The van der Waals surface area contributed by atoms with E-state index in [0.29, 0.717) is 18.3 Å². The van der Waals surface area contributed by atoms with Crippen molar-refractivity contribution in [2.45, 2.75) is 25.8 Å². The van der Waals surface area contributed by atoms with Crippen LogP contribution in [0.5, 0.6) is 0 Å². The zero-order chi connectivity index (χ0) is 11.4. The lowest BCUT2D eigenvalue weighted by atomic mass is 10.1. The predicted octanol–water partition coefficient (Wildman–Crippen LogP) is 0.379. The van der Waals surface area contributed by atoms with Gasteiger partial charge in [0.15, 0.2) is 5.69 Å². The monoisotopic (exact) mass is 224 g/mol. The van der Waals surface area contributed by atoms with E-state index < -0.39 is 5.97 Å². The van der Waals surface area contributed by atoms with Crippen molar-refractivity contribution >= 4 is 5.97 Å². The van der Waals surface area contributed by atoms with Crippen LogP contribution in [0.3, 0.4) is 0 Å². The molecular weight excluding hydrogens is 208 g/mol. The SMILES string of the molecule is CCOC(=O)c1cnn(C2CCNCC2)n1. The molecular formula is C10H16N4O2. The highest BCUT2D eigenvalue weighted by atomic mass is 16.5. The Morgan fingerprint density at radius 3 is 3.06 bits per heavy atom. The first-order valence-corrected chi connectivity index (χ1v) is 5.61. The van der Waals surface area contributed by atoms with Crippen LogP contribution in [0.2, 0.25) is 0 Å². The second-order valence-corrected chi connectivity index (χ2v) is 3.75. The van der Waals surface area contributed by atoms with E-state index in [4.69, 9.17) is 4.74 Å². The molecule has 1 N–H and O–H groups in total. The number of esters is 1. The van der Waals surface area contributed by atoms with Crippen LogP contribution in [0.4, 0.5) is 0 Å². The molecule has 1 saturated heterocycles. The Labute approximate surface area is 94.0 Å². The Hall–Kier alpha value is -1.43. The van der Waals surface area contributed by atoms with Crippen LogP contribution < -0.4 is 5.32 Å². The molecule has 0 spiro atoms. The van der Waals surface area contributed by atoms with Crippen molar-refractivity contribution in [2.75, 3.05) is 19.7 Å². The third-order valence-corrected chi connectivity index (χ3v) is 2.63. The average molecular weight is 224 g/mol. The maximum absolute atomic E-state index is 11.4. The molecule has 0 aliphatic carbocycles. The quantitative estimate of drug-likeness (QED) is 0.752. The van der Waals surface area contributed by atoms with Gasteiger partial charge in [-0.15, -0.1) is 5.10 Å². The molecule has 1 fully saturated rings. The molecule has 88 valence electrons. The van der Waals surface area contributed by atoms with Crippen LogP contribution in [-0.4, -0.2) is 40.7 Å². The Morgan fingerprint density at radius 2 is 2.38 bits per heavy atom. The number of hydrogen-bond acceptors (Lipinski definition) is 5. The van der Waals surface area contributed by atoms with E-state index in [2.05, 4.69) is 15.5 Å². The first-order chi connectivity index (χ1) is 7.81. The summed E-state index contributed by atoms with van der Waals surface area (Å²) in [5.41, 5.74) is 0.292. The first kappa shape index (κ1) is 11.1. The fourth-order valence-electron chi connectivity index (χ4n) is 1.79. The molecule has 0 amide bonds. The van der Waals surface area contributed by atoms with Crippen LogP contribution in [-0.2, 0) is 4.74 Å². The van der Waals surface area contributed by atoms with Crippen molar-refractivity contribution in [1.29, 1.82) is 0 Å². The summed E-state index contributed by atoms with van der Waals surface area (Å²) in [4.78, 5) is 13.0. The molecule has 0 saturated carbocycles. The molecule has 0 unspecified atom stereocenters. The Kier molecular flexibility index (Phi) is 3.51. The van der Waals surface area contributed by atoms with Gasteiger partial charge in [0.2, 0.25) is 0 Å². The molecule has 0 aromatic carbocycles. The number of hydrogen-bond donors (Lipinski definition) is 1. The number of carbonyl (C=O) groups is 1. The highest BCUT2D eigenvalue weighted by Gasteiger charge is 2.19. The third kappa shape index (κ3) is 2.38. The Balaban J connectivity index is 2.03. The lowest BCUT2D eigenvalue weighted by molar-refractivity contribution is 0.0518. The summed E-state index contributed by atoms with van der Waals surface area (Å²) in [6.07, 6.45) is 3.47. The molecule has 1 aromatic heterocycles. The maximum atomic E-state index is 11.4. The largest absolute Gasteiger partial charge is 0.461 e. The highest BCUT2D eigenvalue weighted by Crippen LogP contribution is 2.16. The summed E-state index contributed by atoms with van der Waals surface area (Å²) in [5, 5.41) is 11.5. The van der Waals surface area contributed by atoms with E-state index in [-0.39, 0.29) is 0 Å². The van der Waals surface area contributed by atoms with Gasteiger partial charge >= 0.3 is 5.97 Å².